The van der Waals surface area contributed by atoms with Crippen LogP contribution >= 0.6 is 22.7 Å². The molecule has 1 amide bonds. The van der Waals surface area contributed by atoms with Gasteiger partial charge < -0.3 is 10.0 Å². The van der Waals surface area contributed by atoms with E-state index in [2.05, 4.69) is 0 Å². The highest BCUT2D eigenvalue weighted by molar-refractivity contribution is 7.27. The van der Waals surface area contributed by atoms with Crippen molar-refractivity contribution in [1.82, 2.24) is 4.90 Å². The van der Waals surface area contributed by atoms with Gasteiger partial charge in [-0.2, -0.15) is 0 Å². The molecule has 2 aromatic heterocycles. The van der Waals surface area contributed by atoms with E-state index in [0.29, 0.717) is 17.3 Å². The molecule has 0 unspecified atom stereocenters. The first-order valence-electron chi connectivity index (χ1n) is 6.11. The van der Waals surface area contributed by atoms with E-state index in [1.165, 1.54) is 16.2 Å². The molecule has 0 atom stereocenters. The van der Waals surface area contributed by atoms with Crippen LogP contribution in [0.2, 0.25) is 0 Å². The summed E-state index contributed by atoms with van der Waals surface area (Å²) in [7, 11) is 0. The first-order chi connectivity index (χ1) is 9.13. The summed E-state index contributed by atoms with van der Waals surface area (Å²) in [6.07, 6.45) is 2.20. The van der Waals surface area contributed by atoms with Gasteiger partial charge in [-0.1, -0.05) is 0 Å². The highest BCUT2D eigenvalue weighted by Gasteiger charge is 2.29. The van der Waals surface area contributed by atoms with Gasteiger partial charge in [0.25, 0.3) is 5.91 Å². The number of aliphatic carboxylic acids is 1. The Labute approximate surface area is 118 Å². The number of fused-ring (bicyclic) bond motifs is 1. The summed E-state index contributed by atoms with van der Waals surface area (Å²) >= 11 is 3.04. The van der Waals surface area contributed by atoms with Gasteiger partial charge >= 0.3 is 5.97 Å². The van der Waals surface area contributed by atoms with E-state index in [1.807, 2.05) is 17.5 Å². The van der Waals surface area contributed by atoms with Crippen LogP contribution < -0.4 is 0 Å². The molecule has 0 saturated heterocycles. The van der Waals surface area contributed by atoms with Gasteiger partial charge in [0.05, 0.1) is 4.88 Å². The molecule has 0 spiro atoms. The minimum atomic E-state index is -0.952. The first-order valence-corrected chi connectivity index (χ1v) is 7.81. The predicted octanol–water partition coefficient (Wildman–Crippen LogP) is 2.90. The van der Waals surface area contributed by atoms with Crippen LogP contribution in [0.15, 0.2) is 17.5 Å². The van der Waals surface area contributed by atoms with E-state index in [4.69, 9.17) is 5.11 Å². The number of carbonyl (C=O) groups excluding carboxylic acids is 1. The van der Waals surface area contributed by atoms with Crippen molar-refractivity contribution in [1.29, 1.82) is 0 Å². The lowest BCUT2D eigenvalue weighted by Crippen LogP contribution is -2.36. The average molecular weight is 295 g/mol. The second-order valence-corrected chi connectivity index (χ2v) is 6.81. The highest BCUT2D eigenvalue weighted by Crippen LogP contribution is 2.33. The number of nitrogens with zero attached hydrogens (tertiary/aromatic N) is 1. The standard InChI is InChI=1S/C13H13NO3S2/c15-12(16)7-14(6-8-1-2-8)13(17)11-5-10-9(19-11)3-4-18-10/h3-5,8H,1-2,6-7H2,(H,15,16). The zero-order valence-electron chi connectivity index (χ0n) is 10.2. The molecule has 6 heteroatoms. The Balaban J connectivity index is 1.81. The molecule has 1 saturated carbocycles. The molecular weight excluding hydrogens is 282 g/mol. The molecule has 0 radical (unpaired) electrons. The Morgan fingerprint density at radius 3 is 2.79 bits per heavy atom. The summed E-state index contributed by atoms with van der Waals surface area (Å²) in [6, 6.07) is 3.86. The topological polar surface area (TPSA) is 57.6 Å². The van der Waals surface area contributed by atoms with Crippen molar-refractivity contribution < 1.29 is 14.7 Å². The van der Waals surface area contributed by atoms with E-state index < -0.39 is 5.97 Å². The van der Waals surface area contributed by atoms with Gasteiger partial charge in [0, 0.05) is 15.9 Å². The number of carboxylic acid groups (broad SMARTS) is 1. The van der Waals surface area contributed by atoms with Gasteiger partial charge in [-0.05, 0) is 36.3 Å². The fraction of sp³-hybridized carbons (Fsp3) is 0.385. The quantitative estimate of drug-likeness (QED) is 0.922. The van der Waals surface area contributed by atoms with Crippen LogP contribution in [0, 0.1) is 5.92 Å². The Morgan fingerprint density at radius 1 is 1.37 bits per heavy atom. The third-order valence-corrected chi connectivity index (χ3v) is 5.22. The fourth-order valence-corrected chi connectivity index (χ4v) is 4.10. The van der Waals surface area contributed by atoms with Gasteiger partial charge in [-0.15, -0.1) is 22.7 Å². The second-order valence-electron chi connectivity index (χ2n) is 4.78. The van der Waals surface area contributed by atoms with E-state index in [1.54, 1.807) is 11.3 Å². The third-order valence-electron chi connectivity index (χ3n) is 3.14. The van der Waals surface area contributed by atoms with E-state index in [9.17, 15) is 9.59 Å². The molecule has 3 rings (SSSR count). The fourth-order valence-electron chi connectivity index (χ4n) is 2.02. The van der Waals surface area contributed by atoms with Crippen molar-refractivity contribution >= 4 is 43.9 Å². The second kappa shape index (κ2) is 4.94. The van der Waals surface area contributed by atoms with E-state index in [-0.39, 0.29) is 12.5 Å². The maximum Gasteiger partial charge on any atom is 0.323 e. The maximum atomic E-state index is 12.4. The monoisotopic (exact) mass is 295 g/mol. The zero-order chi connectivity index (χ0) is 13.4. The molecule has 0 bridgehead atoms. The summed E-state index contributed by atoms with van der Waals surface area (Å²) in [5.74, 6) is -0.612. The van der Waals surface area contributed by atoms with Crippen LogP contribution in [0.3, 0.4) is 0 Å². The average Bonchev–Trinajstić information content (AvgIpc) is 2.90. The summed E-state index contributed by atoms with van der Waals surface area (Å²) in [6.45, 7) is 0.359. The van der Waals surface area contributed by atoms with Gasteiger partial charge in [0.15, 0.2) is 0 Å². The molecule has 2 heterocycles. The Bertz CT molecular complexity index is 598. The summed E-state index contributed by atoms with van der Waals surface area (Å²) in [4.78, 5) is 25.4. The number of carboxylic acids is 1. The SMILES string of the molecule is O=C(O)CN(CC1CC1)C(=O)c1cc2sccc2s1. The Hall–Kier alpha value is -1.40. The van der Waals surface area contributed by atoms with Crippen LogP contribution in [-0.4, -0.2) is 35.0 Å². The van der Waals surface area contributed by atoms with Crippen molar-refractivity contribution in [2.24, 2.45) is 5.92 Å². The number of carbonyl (C=O) groups is 2. The molecule has 4 nitrogen and oxygen atoms in total. The van der Waals surface area contributed by atoms with Crippen molar-refractivity contribution in [2.45, 2.75) is 12.8 Å². The molecular formula is C13H13NO3S2. The predicted molar refractivity (Wildman–Crippen MR) is 76.0 cm³/mol. The zero-order valence-corrected chi connectivity index (χ0v) is 11.8. The van der Waals surface area contributed by atoms with Crippen LogP contribution in [0.1, 0.15) is 22.5 Å². The van der Waals surface area contributed by atoms with Crippen molar-refractivity contribution in [3.63, 3.8) is 0 Å². The molecule has 100 valence electrons. The molecule has 0 aliphatic heterocycles. The maximum absolute atomic E-state index is 12.4. The van der Waals surface area contributed by atoms with Gasteiger partial charge in [0.2, 0.25) is 0 Å². The number of thiophene rings is 2. The molecule has 19 heavy (non-hydrogen) atoms. The normalized spacial score (nSPS) is 14.7. The molecule has 1 aliphatic rings. The van der Waals surface area contributed by atoms with Crippen LogP contribution in [-0.2, 0) is 4.79 Å². The van der Waals surface area contributed by atoms with Gasteiger partial charge in [0.1, 0.15) is 6.54 Å². The lowest BCUT2D eigenvalue weighted by Gasteiger charge is -2.19. The van der Waals surface area contributed by atoms with Gasteiger partial charge in [-0.3, -0.25) is 9.59 Å². The first kappa shape index (κ1) is 12.6. The molecule has 0 aromatic carbocycles. The van der Waals surface area contributed by atoms with Gasteiger partial charge in [-0.25, -0.2) is 0 Å². The molecule has 1 fully saturated rings. The lowest BCUT2D eigenvalue weighted by atomic mass is 10.3. The number of hydrogen-bond donors (Lipinski definition) is 1. The van der Waals surface area contributed by atoms with Crippen molar-refractivity contribution in [3.05, 3.63) is 22.4 Å². The highest BCUT2D eigenvalue weighted by atomic mass is 32.1. The summed E-state index contributed by atoms with van der Waals surface area (Å²) in [5.41, 5.74) is 0. The van der Waals surface area contributed by atoms with Crippen LogP contribution in [0.5, 0.6) is 0 Å². The van der Waals surface area contributed by atoms with E-state index in [0.717, 1.165) is 22.2 Å². The van der Waals surface area contributed by atoms with Crippen molar-refractivity contribution in [3.8, 4) is 0 Å². The summed E-state index contributed by atoms with van der Waals surface area (Å²) < 4.78 is 2.19. The minimum absolute atomic E-state index is 0.150. The summed E-state index contributed by atoms with van der Waals surface area (Å²) in [5, 5.41) is 10.9. The molecule has 2 aromatic rings. The largest absolute Gasteiger partial charge is 0.480 e. The van der Waals surface area contributed by atoms with Crippen LogP contribution in [0.25, 0.3) is 9.40 Å². The van der Waals surface area contributed by atoms with Crippen LogP contribution in [0.4, 0.5) is 0 Å². The smallest absolute Gasteiger partial charge is 0.323 e. The van der Waals surface area contributed by atoms with Crippen molar-refractivity contribution in [2.75, 3.05) is 13.1 Å². The Morgan fingerprint density at radius 2 is 2.16 bits per heavy atom. The number of rotatable bonds is 5. The number of amides is 1. The van der Waals surface area contributed by atoms with E-state index >= 15 is 0 Å². The third kappa shape index (κ3) is 2.79. The molecule has 1 N–H and O–H groups in total. The lowest BCUT2D eigenvalue weighted by molar-refractivity contribution is -0.137. The number of hydrogen-bond acceptors (Lipinski definition) is 4. The minimum Gasteiger partial charge on any atom is -0.480 e. The Kier molecular flexibility index (Phi) is 3.28. The molecule has 1 aliphatic carbocycles.